The summed E-state index contributed by atoms with van der Waals surface area (Å²) in [6.45, 7) is 0. The van der Waals surface area contributed by atoms with Crippen LogP contribution in [0.25, 0.3) is 11.3 Å². The van der Waals surface area contributed by atoms with Gasteiger partial charge >= 0.3 is 5.97 Å². The number of carbonyl (C=O) groups is 1. The number of hydrogen-bond donors (Lipinski definition) is 1. The highest BCUT2D eigenvalue weighted by molar-refractivity contribution is 6.30. The lowest BCUT2D eigenvalue weighted by Crippen LogP contribution is -2.04. The van der Waals surface area contributed by atoms with Crippen LogP contribution in [0.1, 0.15) is 10.6 Å². The summed E-state index contributed by atoms with van der Waals surface area (Å²) in [7, 11) is 1.65. The van der Waals surface area contributed by atoms with Gasteiger partial charge in [0, 0.05) is 23.8 Å². The molecule has 0 atom stereocenters. The fraction of sp³-hybridized carbons (Fsp3) is 0.0909. The minimum Gasteiger partial charge on any atom is -0.475 e. The quantitative estimate of drug-likeness (QED) is 0.871. The number of benzene rings is 1. The minimum absolute atomic E-state index is 0.0185. The van der Waals surface area contributed by atoms with Crippen LogP contribution in [-0.4, -0.2) is 20.6 Å². The second-order valence-electron chi connectivity index (χ2n) is 3.37. The molecule has 0 saturated carbocycles. The van der Waals surface area contributed by atoms with Gasteiger partial charge in [-0.1, -0.05) is 23.7 Å². The Morgan fingerprint density at radius 2 is 2.00 bits per heavy atom. The van der Waals surface area contributed by atoms with Crippen LogP contribution in [0, 0.1) is 0 Å². The van der Waals surface area contributed by atoms with E-state index in [0.29, 0.717) is 10.7 Å². The molecule has 0 aliphatic rings. The number of imidazole rings is 1. The van der Waals surface area contributed by atoms with E-state index < -0.39 is 5.97 Å². The topological polar surface area (TPSA) is 55.1 Å². The Balaban J connectivity index is 2.45. The van der Waals surface area contributed by atoms with Gasteiger partial charge in [-0.15, -0.1) is 0 Å². The average molecular weight is 237 g/mol. The Labute approximate surface area is 97.1 Å². The van der Waals surface area contributed by atoms with Crippen LogP contribution in [0.15, 0.2) is 30.5 Å². The largest absolute Gasteiger partial charge is 0.475 e. The van der Waals surface area contributed by atoms with Gasteiger partial charge in [-0.05, 0) is 12.1 Å². The van der Waals surface area contributed by atoms with Crippen molar-refractivity contribution in [2.24, 2.45) is 7.05 Å². The Kier molecular flexibility index (Phi) is 2.66. The van der Waals surface area contributed by atoms with Crippen LogP contribution in [-0.2, 0) is 7.05 Å². The van der Waals surface area contributed by atoms with Gasteiger partial charge < -0.3 is 9.67 Å². The van der Waals surface area contributed by atoms with Gasteiger partial charge in [0.2, 0.25) is 5.82 Å². The van der Waals surface area contributed by atoms with E-state index in [4.69, 9.17) is 16.7 Å². The first-order valence-electron chi connectivity index (χ1n) is 4.60. The zero-order chi connectivity index (χ0) is 11.7. The molecular formula is C11H9ClN2O2. The zero-order valence-electron chi connectivity index (χ0n) is 8.51. The summed E-state index contributed by atoms with van der Waals surface area (Å²) in [5.41, 5.74) is 1.46. The summed E-state index contributed by atoms with van der Waals surface area (Å²) < 4.78 is 1.48. The van der Waals surface area contributed by atoms with Crippen molar-refractivity contribution in [3.8, 4) is 11.3 Å². The number of halogens is 1. The highest BCUT2D eigenvalue weighted by Crippen LogP contribution is 2.20. The lowest BCUT2D eigenvalue weighted by Gasteiger charge is -1.95. The molecular weight excluding hydrogens is 228 g/mol. The molecule has 2 rings (SSSR count). The molecule has 82 valence electrons. The van der Waals surface area contributed by atoms with Crippen LogP contribution < -0.4 is 0 Å². The molecule has 1 aromatic heterocycles. The van der Waals surface area contributed by atoms with E-state index in [-0.39, 0.29) is 5.82 Å². The van der Waals surface area contributed by atoms with E-state index in [9.17, 15) is 4.79 Å². The summed E-state index contributed by atoms with van der Waals surface area (Å²) in [6.07, 6.45) is 1.67. The Bertz CT molecular complexity index is 531. The molecule has 1 aromatic carbocycles. The predicted molar refractivity (Wildman–Crippen MR) is 60.6 cm³/mol. The van der Waals surface area contributed by atoms with Gasteiger partial charge in [-0.2, -0.15) is 0 Å². The van der Waals surface area contributed by atoms with E-state index in [1.165, 1.54) is 4.57 Å². The van der Waals surface area contributed by atoms with Crippen LogP contribution in [0.3, 0.4) is 0 Å². The van der Waals surface area contributed by atoms with Crippen molar-refractivity contribution in [3.05, 3.63) is 41.3 Å². The first-order chi connectivity index (χ1) is 7.58. The number of aryl methyl sites for hydroxylation is 1. The molecule has 0 spiro atoms. The summed E-state index contributed by atoms with van der Waals surface area (Å²) in [4.78, 5) is 14.8. The third-order valence-electron chi connectivity index (χ3n) is 2.21. The van der Waals surface area contributed by atoms with Crippen LogP contribution in [0.4, 0.5) is 0 Å². The third-order valence-corrected chi connectivity index (χ3v) is 2.46. The number of carboxylic acids is 1. The van der Waals surface area contributed by atoms with Crippen LogP contribution >= 0.6 is 11.6 Å². The zero-order valence-corrected chi connectivity index (χ0v) is 9.27. The number of aromatic carboxylic acids is 1. The van der Waals surface area contributed by atoms with Crippen molar-refractivity contribution in [2.45, 2.75) is 0 Å². The predicted octanol–water partition coefficient (Wildman–Crippen LogP) is 2.44. The molecule has 4 nitrogen and oxygen atoms in total. The van der Waals surface area contributed by atoms with E-state index in [1.807, 2.05) is 0 Å². The molecule has 0 amide bonds. The molecule has 5 heteroatoms. The SMILES string of the molecule is Cn1cc(-c2ccc(Cl)cc2)nc1C(=O)O. The number of carboxylic acid groups (broad SMARTS) is 1. The first kappa shape index (κ1) is 10.7. The van der Waals surface area contributed by atoms with Crippen molar-refractivity contribution < 1.29 is 9.90 Å². The van der Waals surface area contributed by atoms with E-state index in [1.54, 1.807) is 37.5 Å². The first-order valence-corrected chi connectivity index (χ1v) is 4.98. The Morgan fingerprint density at radius 1 is 1.38 bits per heavy atom. The molecule has 0 aliphatic heterocycles. The summed E-state index contributed by atoms with van der Waals surface area (Å²) in [5, 5.41) is 9.50. The molecule has 1 heterocycles. The Hall–Kier alpha value is -1.81. The monoisotopic (exact) mass is 236 g/mol. The summed E-state index contributed by atoms with van der Waals surface area (Å²) in [6, 6.07) is 7.09. The van der Waals surface area contributed by atoms with Crippen molar-refractivity contribution in [3.63, 3.8) is 0 Å². The number of rotatable bonds is 2. The average Bonchev–Trinajstić information content (AvgIpc) is 2.61. The maximum atomic E-state index is 10.8. The van der Waals surface area contributed by atoms with E-state index in [0.717, 1.165) is 5.56 Å². The van der Waals surface area contributed by atoms with Crippen molar-refractivity contribution in [2.75, 3.05) is 0 Å². The second kappa shape index (κ2) is 3.98. The van der Waals surface area contributed by atoms with E-state index >= 15 is 0 Å². The normalized spacial score (nSPS) is 10.4. The molecule has 0 saturated heterocycles. The maximum absolute atomic E-state index is 10.8. The van der Waals surface area contributed by atoms with Gasteiger partial charge in [-0.3, -0.25) is 0 Å². The lowest BCUT2D eigenvalue weighted by atomic mass is 10.2. The van der Waals surface area contributed by atoms with E-state index in [2.05, 4.69) is 4.98 Å². The van der Waals surface area contributed by atoms with Crippen molar-refractivity contribution in [1.29, 1.82) is 0 Å². The molecule has 0 bridgehead atoms. The highest BCUT2D eigenvalue weighted by atomic mass is 35.5. The molecule has 2 aromatic rings. The maximum Gasteiger partial charge on any atom is 0.372 e. The Morgan fingerprint density at radius 3 is 2.50 bits per heavy atom. The van der Waals surface area contributed by atoms with Gasteiger partial charge in [0.15, 0.2) is 0 Å². The molecule has 0 radical (unpaired) electrons. The van der Waals surface area contributed by atoms with Crippen molar-refractivity contribution >= 4 is 17.6 Å². The fourth-order valence-electron chi connectivity index (χ4n) is 1.42. The molecule has 0 aliphatic carbocycles. The van der Waals surface area contributed by atoms with Crippen LogP contribution in [0.5, 0.6) is 0 Å². The molecule has 0 fully saturated rings. The number of aromatic nitrogens is 2. The number of nitrogens with zero attached hydrogens (tertiary/aromatic N) is 2. The van der Waals surface area contributed by atoms with Crippen molar-refractivity contribution in [1.82, 2.24) is 9.55 Å². The highest BCUT2D eigenvalue weighted by Gasteiger charge is 2.12. The second-order valence-corrected chi connectivity index (χ2v) is 3.81. The van der Waals surface area contributed by atoms with Gasteiger partial charge in [0.1, 0.15) is 0 Å². The van der Waals surface area contributed by atoms with Gasteiger partial charge in [0.05, 0.1) is 5.69 Å². The molecule has 0 unspecified atom stereocenters. The molecule has 1 N–H and O–H groups in total. The lowest BCUT2D eigenvalue weighted by molar-refractivity contribution is 0.0680. The summed E-state index contributed by atoms with van der Waals surface area (Å²) >= 11 is 5.77. The summed E-state index contributed by atoms with van der Waals surface area (Å²) in [5.74, 6) is -1.02. The third kappa shape index (κ3) is 1.92. The fourth-order valence-corrected chi connectivity index (χ4v) is 1.55. The van der Waals surface area contributed by atoms with Crippen LogP contribution in [0.2, 0.25) is 5.02 Å². The number of hydrogen-bond acceptors (Lipinski definition) is 2. The molecule has 16 heavy (non-hydrogen) atoms. The smallest absolute Gasteiger partial charge is 0.372 e. The minimum atomic E-state index is -1.04. The standard InChI is InChI=1S/C11H9ClN2O2/c1-14-6-9(13-10(14)11(15)16)7-2-4-8(12)5-3-7/h2-6H,1H3,(H,15,16). The van der Waals surface area contributed by atoms with Gasteiger partial charge in [-0.25, -0.2) is 9.78 Å². The van der Waals surface area contributed by atoms with Gasteiger partial charge in [0.25, 0.3) is 0 Å².